The molecule has 6 nitrogen and oxygen atoms in total. The minimum atomic E-state index is -4.58. The first-order valence-corrected chi connectivity index (χ1v) is 9.86. The summed E-state index contributed by atoms with van der Waals surface area (Å²) in [6.07, 6.45) is -1.35. The minimum absolute atomic E-state index is 0.0951. The zero-order chi connectivity index (χ0) is 22.6. The van der Waals surface area contributed by atoms with Crippen molar-refractivity contribution in [3.8, 4) is 11.3 Å². The largest absolute Gasteiger partial charge is 0.417 e. The highest BCUT2D eigenvalue weighted by Gasteiger charge is 2.33. The van der Waals surface area contributed by atoms with Gasteiger partial charge in [0, 0.05) is 29.7 Å². The summed E-state index contributed by atoms with van der Waals surface area (Å²) < 4.78 is 39.6. The van der Waals surface area contributed by atoms with Crippen molar-refractivity contribution < 1.29 is 18.3 Å². The molecule has 10 heteroatoms. The molecule has 31 heavy (non-hydrogen) atoms. The summed E-state index contributed by atoms with van der Waals surface area (Å²) in [4.78, 5) is 12.9. The van der Waals surface area contributed by atoms with E-state index in [1.807, 2.05) is 13.8 Å². The predicted molar refractivity (Wildman–Crippen MR) is 114 cm³/mol. The smallest absolute Gasteiger partial charge is 0.394 e. The van der Waals surface area contributed by atoms with E-state index >= 15 is 0 Å². The zero-order valence-electron chi connectivity index (χ0n) is 16.8. The Hall–Kier alpha value is -2.91. The topological polar surface area (TPSA) is 83.0 Å². The molecule has 3 aromatic rings. The molecule has 0 saturated heterocycles. The van der Waals surface area contributed by atoms with E-state index < -0.39 is 11.7 Å². The Labute approximate surface area is 182 Å². The summed E-state index contributed by atoms with van der Waals surface area (Å²) in [5, 5.41) is 15.2. The van der Waals surface area contributed by atoms with Gasteiger partial charge in [-0.15, -0.1) is 0 Å². The number of anilines is 3. The fourth-order valence-corrected chi connectivity index (χ4v) is 3.02. The summed E-state index contributed by atoms with van der Waals surface area (Å²) in [5.74, 6) is 0.589. The minimum Gasteiger partial charge on any atom is -0.394 e. The Balaban J connectivity index is 2.00. The second kappa shape index (κ2) is 9.49. The van der Waals surface area contributed by atoms with Crippen LogP contribution in [0.2, 0.25) is 5.02 Å². The summed E-state index contributed by atoms with van der Waals surface area (Å²) in [7, 11) is 0. The van der Waals surface area contributed by atoms with Gasteiger partial charge in [0.15, 0.2) is 0 Å². The average Bonchev–Trinajstić information content (AvgIpc) is 2.73. The molecule has 0 radical (unpaired) electrons. The molecule has 0 amide bonds. The molecule has 0 aliphatic heterocycles. The van der Waals surface area contributed by atoms with Gasteiger partial charge in [-0.25, -0.2) is 4.98 Å². The van der Waals surface area contributed by atoms with Crippen molar-refractivity contribution in [2.45, 2.75) is 26.1 Å². The fraction of sp³-hybridized carbons (Fsp3) is 0.286. The number of pyridine rings is 1. The van der Waals surface area contributed by atoms with Gasteiger partial charge in [0.05, 0.1) is 28.9 Å². The Morgan fingerprint density at radius 3 is 2.52 bits per heavy atom. The number of aliphatic hydroxyl groups is 1. The first kappa shape index (κ1) is 22.8. The molecule has 0 fully saturated rings. The van der Waals surface area contributed by atoms with Crippen LogP contribution >= 0.6 is 11.6 Å². The average molecular weight is 452 g/mol. The lowest BCUT2D eigenvalue weighted by molar-refractivity contribution is -0.137. The van der Waals surface area contributed by atoms with E-state index in [9.17, 15) is 18.3 Å². The van der Waals surface area contributed by atoms with Crippen LogP contribution in [0.3, 0.4) is 0 Å². The van der Waals surface area contributed by atoms with Crippen LogP contribution in [0.1, 0.15) is 19.4 Å². The van der Waals surface area contributed by atoms with Gasteiger partial charge in [-0.05, 0) is 36.2 Å². The molecule has 2 heterocycles. The van der Waals surface area contributed by atoms with Crippen LogP contribution in [0, 0.1) is 5.92 Å². The number of benzene rings is 1. The molecule has 3 N–H and O–H groups in total. The molecular formula is C21H21ClF3N5O. The molecule has 2 aromatic heterocycles. The lowest BCUT2D eigenvalue weighted by Crippen LogP contribution is -2.30. The maximum atomic E-state index is 13.2. The molecule has 1 aromatic carbocycles. The van der Waals surface area contributed by atoms with Gasteiger partial charge in [0.1, 0.15) is 5.82 Å². The second-order valence-corrected chi connectivity index (χ2v) is 7.61. The van der Waals surface area contributed by atoms with E-state index in [1.165, 1.54) is 12.1 Å². The number of hydrogen-bond donors (Lipinski definition) is 3. The van der Waals surface area contributed by atoms with Crippen LogP contribution in [0.4, 0.5) is 30.6 Å². The molecule has 0 unspecified atom stereocenters. The molecular weight excluding hydrogens is 431 g/mol. The van der Waals surface area contributed by atoms with Crippen molar-refractivity contribution >= 4 is 29.1 Å². The van der Waals surface area contributed by atoms with Gasteiger partial charge >= 0.3 is 6.18 Å². The normalized spacial score (nSPS) is 12.6. The molecule has 0 aliphatic rings. The molecule has 1 atom stereocenters. The first-order valence-electron chi connectivity index (χ1n) is 9.48. The summed E-state index contributed by atoms with van der Waals surface area (Å²) >= 11 is 5.70. The van der Waals surface area contributed by atoms with E-state index in [0.717, 1.165) is 6.07 Å². The Bertz CT molecular complexity index is 1030. The van der Waals surface area contributed by atoms with Crippen molar-refractivity contribution in [1.29, 1.82) is 0 Å². The monoisotopic (exact) mass is 451 g/mol. The Morgan fingerprint density at radius 2 is 1.90 bits per heavy atom. The fourth-order valence-electron chi connectivity index (χ4n) is 2.80. The second-order valence-electron chi connectivity index (χ2n) is 7.20. The van der Waals surface area contributed by atoms with Crippen molar-refractivity contribution in [1.82, 2.24) is 15.0 Å². The third kappa shape index (κ3) is 5.83. The third-order valence-electron chi connectivity index (χ3n) is 4.54. The highest BCUT2D eigenvalue weighted by atomic mass is 35.5. The van der Waals surface area contributed by atoms with Crippen LogP contribution < -0.4 is 10.6 Å². The summed E-state index contributed by atoms with van der Waals surface area (Å²) in [6.45, 7) is 3.74. The van der Waals surface area contributed by atoms with E-state index in [1.54, 1.807) is 30.6 Å². The molecule has 3 rings (SSSR count). The summed E-state index contributed by atoms with van der Waals surface area (Å²) in [6, 6.07) is 8.39. The highest BCUT2D eigenvalue weighted by molar-refractivity contribution is 6.31. The van der Waals surface area contributed by atoms with Gasteiger partial charge in [0.2, 0.25) is 5.95 Å². The lowest BCUT2D eigenvalue weighted by Gasteiger charge is -2.21. The molecule has 0 aliphatic carbocycles. The van der Waals surface area contributed by atoms with Crippen LogP contribution in [0.25, 0.3) is 11.3 Å². The van der Waals surface area contributed by atoms with Crippen LogP contribution in [-0.4, -0.2) is 32.7 Å². The molecule has 164 valence electrons. The van der Waals surface area contributed by atoms with E-state index in [2.05, 4.69) is 25.6 Å². The van der Waals surface area contributed by atoms with Crippen molar-refractivity contribution in [3.05, 3.63) is 59.4 Å². The maximum absolute atomic E-state index is 13.2. The first-order chi connectivity index (χ1) is 14.7. The van der Waals surface area contributed by atoms with Gasteiger partial charge in [-0.1, -0.05) is 25.4 Å². The van der Waals surface area contributed by atoms with Crippen molar-refractivity contribution in [3.63, 3.8) is 0 Å². The van der Waals surface area contributed by atoms with Gasteiger partial charge in [-0.2, -0.15) is 18.2 Å². The SMILES string of the molecule is CC(C)[C@H](CO)Nc1nc(Nc2ccc(Cl)c(C(F)(F)F)c2)cc(-c2cccnc2)n1. The predicted octanol–water partition coefficient (Wildman–Crippen LogP) is 5.38. The standard InChI is InChI=1S/C21H21ClF3N5O/c1-12(2)18(11-31)29-20-28-17(13-4-3-7-26-10-13)9-19(30-20)27-14-5-6-16(22)15(8-14)21(23,24)25/h3-10,12,18,31H,11H2,1-2H3,(H2,27,28,29,30)/t18-/m0/s1. The van der Waals surface area contributed by atoms with Crippen LogP contribution in [-0.2, 0) is 6.18 Å². The third-order valence-corrected chi connectivity index (χ3v) is 4.87. The number of nitrogens with one attached hydrogen (secondary N) is 2. The number of nitrogens with zero attached hydrogens (tertiary/aromatic N) is 3. The number of halogens is 4. The van der Waals surface area contributed by atoms with Gasteiger partial charge in [-0.3, -0.25) is 4.98 Å². The molecule has 0 saturated carbocycles. The lowest BCUT2D eigenvalue weighted by atomic mass is 10.1. The van der Waals surface area contributed by atoms with Crippen molar-refractivity contribution in [2.24, 2.45) is 5.92 Å². The number of hydrogen-bond acceptors (Lipinski definition) is 6. The van der Waals surface area contributed by atoms with E-state index in [4.69, 9.17) is 11.6 Å². The van der Waals surface area contributed by atoms with Crippen LogP contribution in [0.5, 0.6) is 0 Å². The maximum Gasteiger partial charge on any atom is 0.417 e. The number of rotatable bonds is 7. The quantitative estimate of drug-likeness (QED) is 0.447. The number of alkyl halides is 3. The van der Waals surface area contributed by atoms with Gasteiger partial charge in [0.25, 0.3) is 0 Å². The molecule has 0 spiro atoms. The zero-order valence-corrected chi connectivity index (χ0v) is 17.5. The van der Waals surface area contributed by atoms with E-state index in [0.29, 0.717) is 11.3 Å². The van der Waals surface area contributed by atoms with Crippen molar-refractivity contribution in [2.75, 3.05) is 17.2 Å². The highest BCUT2D eigenvalue weighted by Crippen LogP contribution is 2.36. The van der Waals surface area contributed by atoms with Crippen LogP contribution in [0.15, 0.2) is 48.8 Å². The Morgan fingerprint density at radius 1 is 1.13 bits per heavy atom. The van der Waals surface area contributed by atoms with Gasteiger partial charge < -0.3 is 15.7 Å². The Kier molecular flexibility index (Phi) is 6.97. The van der Waals surface area contributed by atoms with E-state index in [-0.39, 0.29) is 41.0 Å². The number of aliphatic hydroxyl groups excluding tert-OH is 1. The summed E-state index contributed by atoms with van der Waals surface area (Å²) in [5.41, 5.74) is 0.437. The number of aromatic nitrogens is 3. The molecule has 0 bridgehead atoms.